The molecule has 1 aliphatic carbocycles. The molecule has 0 unspecified atom stereocenters. The number of allylic oxidation sites excluding steroid dienone is 2. The molecular formula is C28H35N7O2. The van der Waals surface area contributed by atoms with E-state index in [2.05, 4.69) is 51.0 Å². The summed E-state index contributed by atoms with van der Waals surface area (Å²) in [5.74, 6) is 0.0386. The van der Waals surface area contributed by atoms with Crippen LogP contribution >= 0.6 is 0 Å². The van der Waals surface area contributed by atoms with E-state index < -0.39 is 6.04 Å². The van der Waals surface area contributed by atoms with Crippen molar-refractivity contribution in [3.05, 3.63) is 73.0 Å². The van der Waals surface area contributed by atoms with Crippen LogP contribution in [0.15, 0.2) is 55.9 Å². The Morgan fingerprint density at radius 3 is 2.46 bits per heavy atom. The van der Waals surface area contributed by atoms with Crippen molar-refractivity contribution in [1.29, 1.82) is 0 Å². The number of amides is 2. The van der Waals surface area contributed by atoms with E-state index in [0.29, 0.717) is 17.3 Å². The average Bonchev–Trinajstić information content (AvgIpc) is 3.51. The minimum atomic E-state index is -0.688. The molecule has 1 aliphatic rings. The minimum Gasteiger partial charge on any atom is -0.339 e. The lowest BCUT2D eigenvalue weighted by atomic mass is 9.79. The van der Waals surface area contributed by atoms with Crippen LogP contribution in [0.1, 0.15) is 60.5 Å². The Bertz CT molecular complexity index is 1240. The second-order valence-electron chi connectivity index (χ2n) is 9.82. The second-order valence-corrected chi connectivity index (χ2v) is 9.82. The molecule has 0 saturated heterocycles. The fourth-order valence-electron chi connectivity index (χ4n) is 5.02. The van der Waals surface area contributed by atoms with Gasteiger partial charge in [-0.3, -0.25) is 19.7 Å². The number of aryl methyl sites for hydroxylation is 2. The fourth-order valence-corrected chi connectivity index (χ4v) is 5.02. The molecule has 1 atom stereocenters. The molecule has 9 heteroatoms. The Morgan fingerprint density at radius 1 is 1.14 bits per heavy atom. The van der Waals surface area contributed by atoms with Gasteiger partial charge in [0.05, 0.1) is 29.3 Å². The Hall–Kier alpha value is -4.01. The maximum atomic E-state index is 13.5. The fraction of sp³-hybridized carbons (Fsp3) is 0.393. The van der Waals surface area contributed by atoms with Gasteiger partial charge in [0.2, 0.25) is 5.91 Å². The third-order valence-electron chi connectivity index (χ3n) is 7.18. The average molecular weight is 502 g/mol. The van der Waals surface area contributed by atoms with E-state index in [4.69, 9.17) is 0 Å². The molecule has 0 radical (unpaired) electrons. The van der Waals surface area contributed by atoms with Crippen LogP contribution < -0.4 is 10.6 Å². The monoisotopic (exact) mass is 501 g/mol. The normalized spacial score (nSPS) is 18.3. The molecule has 3 aromatic heterocycles. The third-order valence-corrected chi connectivity index (χ3v) is 7.18. The zero-order chi connectivity index (χ0) is 26.5. The summed E-state index contributed by atoms with van der Waals surface area (Å²) >= 11 is 0. The van der Waals surface area contributed by atoms with Crippen molar-refractivity contribution >= 4 is 17.5 Å². The summed E-state index contributed by atoms with van der Waals surface area (Å²) in [5, 5.41) is 17.4. The Kier molecular flexibility index (Phi) is 8.01. The number of carbonyl (C=O) groups is 2. The van der Waals surface area contributed by atoms with E-state index in [1.165, 1.54) is 0 Å². The largest absolute Gasteiger partial charge is 0.339 e. The van der Waals surface area contributed by atoms with Crippen molar-refractivity contribution in [3.8, 4) is 11.3 Å². The highest BCUT2D eigenvalue weighted by atomic mass is 16.2. The molecule has 4 rings (SSSR count). The number of nitrogens with zero attached hydrogens (tertiary/aromatic N) is 4. The van der Waals surface area contributed by atoms with Crippen LogP contribution in [-0.2, 0) is 4.79 Å². The lowest BCUT2D eigenvalue weighted by Crippen LogP contribution is -2.49. The van der Waals surface area contributed by atoms with Crippen LogP contribution in [0, 0.1) is 25.7 Å². The molecule has 0 aromatic carbocycles. The predicted octanol–water partition coefficient (Wildman–Crippen LogP) is 4.76. The van der Waals surface area contributed by atoms with E-state index >= 15 is 0 Å². The van der Waals surface area contributed by atoms with Gasteiger partial charge in [-0.1, -0.05) is 31.9 Å². The van der Waals surface area contributed by atoms with Crippen LogP contribution in [0.3, 0.4) is 0 Å². The van der Waals surface area contributed by atoms with Crippen LogP contribution in [0.2, 0.25) is 0 Å². The molecule has 37 heavy (non-hydrogen) atoms. The van der Waals surface area contributed by atoms with Gasteiger partial charge in [0.1, 0.15) is 11.7 Å². The predicted molar refractivity (Wildman–Crippen MR) is 144 cm³/mol. The van der Waals surface area contributed by atoms with Gasteiger partial charge in [0, 0.05) is 17.5 Å². The van der Waals surface area contributed by atoms with Crippen LogP contribution in [0.25, 0.3) is 11.3 Å². The molecule has 1 fully saturated rings. The zero-order valence-electron chi connectivity index (χ0n) is 21.7. The SMILES string of the molecule is C=CC(C=C)n1nccc1C(=O)N[C@H](C(=O)Nc1ccc(-c2c(C)n[nH]c2C)nc1)C1CCC(C)CC1. The summed E-state index contributed by atoms with van der Waals surface area (Å²) < 4.78 is 1.55. The molecule has 0 aliphatic heterocycles. The van der Waals surface area contributed by atoms with Crippen LogP contribution in [0.4, 0.5) is 5.69 Å². The zero-order valence-corrected chi connectivity index (χ0v) is 21.7. The first-order chi connectivity index (χ1) is 17.8. The first-order valence-corrected chi connectivity index (χ1v) is 12.7. The number of H-pyrrole nitrogens is 1. The Morgan fingerprint density at radius 2 is 1.86 bits per heavy atom. The summed E-state index contributed by atoms with van der Waals surface area (Å²) in [4.78, 5) is 31.4. The molecule has 194 valence electrons. The molecular weight excluding hydrogens is 466 g/mol. The quantitative estimate of drug-likeness (QED) is 0.365. The van der Waals surface area contributed by atoms with Gasteiger partial charge in [0.15, 0.2) is 0 Å². The summed E-state index contributed by atoms with van der Waals surface area (Å²) in [6.07, 6.45) is 10.3. The number of aromatic nitrogens is 5. The minimum absolute atomic E-state index is 0.0367. The van der Waals surface area contributed by atoms with Crippen molar-refractivity contribution in [3.63, 3.8) is 0 Å². The van der Waals surface area contributed by atoms with Crippen molar-refractivity contribution in [2.45, 2.75) is 58.5 Å². The van der Waals surface area contributed by atoms with Gasteiger partial charge < -0.3 is 10.6 Å². The number of hydrogen-bond acceptors (Lipinski definition) is 5. The number of rotatable bonds is 9. The highest BCUT2D eigenvalue weighted by molar-refractivity contribution is 6.00. The standard InChI is InChI=1S/C28H35N7O2/c1-6-22(7-2)35-24(14-15-30-35)27(36)32-26(20-10-8-17(3)9-11-20)28(37)31-21-12-13-23(29-16-21)25-18(4)33-34-19(25)5/h6-7,12-17,20,22,26H,1-2,8-11H2,3-5H3,(H,31,37)(H,32,36)(H,33,34)/t17?,20?,26-/m0/s1. The van der Waals surface area contributed by atoms with Gasteiger partial charge in [-0.25, -0.2) is 4.68 Å². The summed E-state index contributed by atoms with van der Waals surface area (Å²) in [6, 6.07) is 4.30. The summed E-state index contributed by atoms with van der Waals surface area (Å²) in [7, 11) is 0. The number of aromatic amines is 1. The van der Waals surface area contributed by atoms with Crippen LogP contribution in [0.5, 0.6) is 0 Å². The molecule has 0 bridgehead atoms. The molecule has 2 amide bonds. The van der Waals surface area contributed by atoms with Crippen molar-refractivity contribution in [2.24, 2.45) is 11.8 Å². The lowest BCUT2D eigenvalue weighted by Gasteiger charge is -2.32. The first-order valence-electron chi connectivity index (χ1n) is 12.7. The third kappa shape index (κ3) is 5.71. The number of nitrogens with one attached hydrogen (secondary N) is 3. The summed E-state index contributed by atoms with van der Waals surface area (Å²) in [6.45, 7) is 13.7. The molecule has 9 nitrogen and oxygen atoms in total. The summed E-state index contributed by atoms with van der Waals surface area (Å²) in [5.41, 5.74) is 4.45. The molecule has 3 heterocycles. The maximum absolute atomic E-state index is 13.5. The van der Waals surface area contributed by atoms with E-state index in [-0.39, 0.29) is 23.8 Å². The smallest absolute Gasteiger partial charge is 0.270 e. The lowest BCUT2D eigenvalue weighted by molar-refractivity contribution is -0.119. The highest BCUT2D eigenvalue weighted by Gasteiger charge is 2.33. The van der Waals surface area contributed by atoms with Crippen LogP contribution in [-0.4, -0.2) is 42.8 Å². The second kappa shape index (κ2) is 11.4. The van der Waals surface area contributed by atoms with E-state index in [1.807, 2.05) is 26.0 Å². The van der Waals surface area contributed by atoms with Gasteiger partial charge in [-0.2, -0.15) is 10.2 Å². The number of carbonyl (C=O) groups excluding carboxylic acids is 2. The molecule has 3 aromatic rings. The number of hydrogen-bond donors (Lipinski definition) is 3. The molecule has 0 spiro atoms. The number of anilines is 1. The van der Waals surface area contributed by atoms with Crippen molar-refractivity contribution in [2.75, 3.05) is 5.32 Å². The van der Waals surface area contributed by atoms with E-state index in [9.17, 15) is 9.59 Å². The van der Waals surface area contributed by atoms with Crippen molar-refractivity contribution in [1.82, 2.24) is 30.3 Å². The molecule has 3 N–H and O–H groups in total. The van der Waals surface area contributed by atoms with E-state index in [0.717, 1.165) is 48.3 Å². The van der Waals surface area contributed by atoms with Gasteiger partial charge in [0.25, 0.3) is 5.91 Å². The van der Waals surface area contributed by atoms with Gasteiger partial charge in [-0.15, -0.1) is 13.2 Å². The molecule has 1 saturated carbocycles. The number of pyridine rings is 1. The Labute approximate surface area is 217 Å². The highest BCUT2D eigenvalue weighted by Crippen LogP contribution is 2.31. The van der Waals surface area contributed by atoms with Gasteiger partial charge >= 0.3 is 0 Å². The van der Waals surface area contributed by atoms with Gasteiger partial charge in [-0.05, 0) is 56.7 Å². The maximum Gasteiger partial charge on any atom is 0.270 e. The van der Waals surface area contributed by atoms with Crippen molar-refractivity contribution < 1.29 is 9.59 Å². The first kappa shape index (κ1) is 26.1. The Balaban J connectivity index is 1.53. The van der Waals surface area contributed by atoms with E-state index in [1.54, 1.807) is 35.3 Å². The topological polar surface area (TPSA) is 118 Å².